The van der Waals surface area contributed by atoms with Gasteiger partial charge in [0, 0.05) is 5.75 Å². The Hall–Kier alpha value is -0.430. The Labute approximate surface area is 67.7 Å². The maximum absolute atomic E-state index is 4.87. The summed E-state index contributed by atoms with van der Waals surface area (Å²) in [5.74, 6) is 0.822. The molecule has 0 amide bonds. The second-order valence-electron chi connectivity index (χ2n) is 2.44. The molecule has 1 radical (unpaired) electrons. The molecule has 0 saturated heterocycles. The Bertz CT molecular complexity index is 188. The molecule has 0 unspecified atom stereocenters. The van der Waals surface area contributed by atoms with Crippen molar-refractivity contribution < 1.29 is 0 Å². The highest BCUT2D eigenvalue weighted by atomic mass is 32.1. The molecule has 1 aromatic rings. The van der Waals surface area contributed by atoms with E-state index in [1.54, 1.807) is 0 Å². The van der Waals surface area contributed by atoms with Crippen molar-refractivity contribution in [2.75, 3.05) is 5.75 Å². The summed E-state index contributed by atoms with van der Waals surface area (Å²) < 4.78 is 0. The van der Waals surface area contributed by atoms with E-state index < -0.39 is 0 Å². The lowest BCUT2D eigenvalue weighted by Gasteiger charge is -1.96. The molecular weight excluding hydrogens is 140 g/mol. The van der Waals surface area contributed by atoms with Gasteiger partial charge in [0.2, 0.25) is 0 Å². The SMILES string of the molecule is Cc1ccc(CC[S])cc1. The summed E-state index contributed by atoms with van der Waals surface area (Å²) >= 11 is 4.87. The van der Waals surface area contributed by atoms with Crippen LogP contribution < -0.4 is 0 Å². The van der Waals surface area contributed by atoms with E-state index in [0.29, 0.717) is 0 Å². The smallest absolute Gasteiger partial charge is 0.00774 e. The number of benzene rings is 1. The van der Waals surface area contributed by atoms with E-state index in [0.717, 1.165) is 12.2 Å². The highest BCUT2D eigenvalue weighted by Gasteiger charge is 1.88. The molecule has 0 bridgehead atoms. The van der Waals surface area contributed by atoms with Gasteiger partial charge in [0.05, 0.1) is 0 Å². The standard InChI is InChI=1S/C9H11S/c1-8-2-4-9(5-3-8)6-7-10/h2-5H,6-7H2,1H3. The molecule has 0 heterocycles. The molecule has 0 fully saturated rings. The van der Waals surface area contributed by atoms with Crippen molar-refractivity contribution in [2.24, 2.45) is 0 Å². The molecule has 1 aromatic carbocycles. The second kappa shape index (κ2) is 3.67. The molecule has 10 heavy (non-hydrogen) atoms. The fraction of sp³-hybridized carbons (Fsp3) is 0.333. The molecule has 1 heteroatoms. The van der Waals surface area contributed by atoms with Crippen molar-refractivity contribution in [1.82, 2.24) is 0 Å². The van der Waals surface area contributed by atoms with Crippen LogP contribution in [0.25, 0.3) is 0 Å². The van der Waals surface area contributed by atoms with Gasteiger partial charge in [-0.1, -0.05) is 42.5 Å². The highest BCUT2D eigenvalue weighted by molar-refractivity contribution is 7.80. The van der Waals surface area contributed by atoms with Gasteiger partial charge >= 0.3 is 0 Å². The second-order valence-corrected chi connectivity index (χ2v) is 2.85. The van der Waals surface area contributed by atoms with E-state index in [2.05, 4.69) is 31.2 Å². The quantitative estimate of drug-likeness (QED) is 0.609. The van der Waals surface area contributed by atoms with Crippen molar-refractivity contribution in [3.05, 3.63) is 35.4 Å². The first-order chi connectivity index (χ1) is 4.83. The molecule has 0 aliphatic heterocycles. The molecule has 0 aromatic heterocycles. The van der Waals surface area contributed by atoms with Gasteiger partial charge in [0.15, 0.2) is 0 Å². The summed E-state index contributed by atoms with van der Waals surface area (Å²) in [6.45, 7) is 2.09. The Morgan fingerprint density at radius 2 is 1.80 bits per heavy atom. The number of aryl methyl sites for hydroxylation is 2. The first-order valence-corrected chi connectivity index (χ1v) is 4.04. The highest BCUT2D eigenvalue weighted by Crippen LogP contribution is 2.03. The molecule has 0 saturated carbocycles. The molecule has 0 N–H and O–H groups in total. The minimum absolute atomic E-state index is 0.822. The zero-order valence-corrected chi connectivity index (χ0v) is 6.95. The van der Waals surface area contributed by atoms with Gasteiger partial charge in [-0.15, -0.1) is 0 Å². The normalized spacial score (nSPS) is 9.80. The maximum atomic E-state index is 4.87. The minimum atomic E-state index is 0.822. The zero-order valence-electron chi connectivity index (χ0n) is 6.13. The molecule has 1 rings (SSSR count). The van der Waals surface area contributed by atoms with E-state index in [1.165, 1.54) is 11.1 Å². The monoisotopic (exact) mass is 151 g/mol. The Balaban J connectivity index is 2.69. The van der Waals surface area contributed by atoms with Gasteiger partial charge < -0.3 is 0 Å². The third-order valence-corrected chi connectivity index (χ3v) is 1.72. The van der Waals surface area contributed by atoms with Gasteiger partial charge in [-0.3, -0.25) is 0 Å². The molecular formula is C9H11S. The first-order valence-electron chi connectivity index (χ1n) is 3.46. The molecule has 0 nitrogen and oxygen atoms in total. The molecule has 53 valence electrons. The van der Waals surface area contributed by atoms with Crippen LogP contribution in [0.3, 0.4) is 0 Å². The van der Waals surface area contributed by atoms with Crippen LogP contribution in [-0.4, -0.2) is 5.75 Å². The topological polar surface area (TPSA) is 0 Å². The summed E-state index contributed by atoms with van der Waals surface area (Å²) in [5, 5.41) is 0. The van der Waals surface area contributed by atoms with Crippen LogP contribution in [0.4, 0.5) is 0 Å². The van der Waals surface area contributed by atoms with Crippen molar-refractivity contribution in [3.8, 4) is 0 Å². The predicted octanol–water partition coefficient (Wildman–Crippen LogP) is 2.74. The van der Waals surface area contributed by atoms with Crippen LogP contribution in [0.15, 0.2) is 24.3 Å². The summed E-state index contributed by atoms with van der Waals surface area (Å²) in [4.78, 5) is 0. The Kier molecular flexibility index (Phi) is 2.82. The van der Waals surface area contributed by atoms with Crippen molar-refractivity contribution in [3.63, 3.8) is 0 Å². The zero-order chi connectivity index (χ0) is 7.40. The Morgan fingerprint density at radius 1 is 1.20 bits per heavy atom. The number of rotatable bonds is 2. The average Bonchev–Trinajstić information content (AvgIpc) is 1.95. The lowest BCUT2D eigenvalue weighted by Crippen LogP contribution is -1.84. The van der Waals surface area contributed by atoms with Gasteiger partial charge in [0.25, 0.3) is 0 Å². The maximum Gasteiger partial charge on any atom is 0.00774 e. The first kappa shape index (κ1) is 7.67. The van der Waals surface area contributed by atoms with Crippen molar-refractivity contribution in [2.45, 2.75) is 13.3 Å². The van der Waals surface area contributed by atoms with Gasteiger partial charge in [-0.05, 0) is 18.9 Å². The van der Waals surface area contributed by atoms with Gasteiger partial charge in [0.1, 0.15) is 0 Å². The average molecular weight is 151 g/mol. The van der Waals surface area contributed by atoms with E-state index in [-0.39, 0.29) is 0 Å². The van der Waals surface area contributed by atoms with E-state index in [4.69, 9.17) is 12.6 Å². The number of hydrogen-bond donors (Lipinski definition) is 0. The van der Waals surface area contributed by atoms with Crippen LogP contribution in [0.1, 0.15) is 11.1 Å². The van der Waals surface area contributed by atoms with E-state index in [1.807, 2.05) is 0 Å². The fourth-order valence-electron chi connectivity index (χ4n) is 0.873. The lowest BCUT2D eigenvalue weighted by molar-refractivity contribution is 1.16. The van der Waals surface area contributed by atoms with Crippen LogP contribution in [0.2, 0.25) is 0 Å². The Morgan fingerprint density at radius 3 is 2.30 bits per heavy atom. The van der Waals surface area contributed by atoms with Crippen LogP contribution in [-0.2, 0) is 6.42 Å². The largest absolute Gasteiger partial charge is 0.0938 e. The lowest BCUT2D eigenvalue weighted by atomic mass is 10.1. The van der Waals surface area contributed by atoms with Gasteiger partial charge in [-0.2, -0.15) is 0 Å². The van der Waals surface area contributed by atoms with Crippen LogP contribution >= 0.6 is 12.6 Å². The predicted molar refractivity (Wildman–Crippen MR) is 47.3 cm³/mol. The van der Waals surface area contributed by atoms with Crippen molar-refractivity contribution in [1.29, 1.82) is 0 Å². The summed E-state index contributed by atoms with van der Waals surface area (Å²) in [6.07, 6.45) is 1.02. The summed E-state index contributed by atoms with van der Waals surface area (Å²) in [5.41, 5.74) is 2.66. The third kappa shape index (κ3) is 2.07. The fourth-order valence-corrected chi connectivity index (χ4v) is 1.11. The van der Waals surface area contributed by atoms with Crippen LogP contribution in [0, 0.1) is 6.92 Å². The molecule has 0 aliphatic rings. The molecule has 0 spiro atoms. The number of hydrogen-bond acceptors (Lipinski definition) is 0. The summed E-state index contributed by atoms with van der Waals surface area (Å²) in [7, 11) is 0. The minimum Gasteiger partial charge on any atom is -0.0938 e. The summed E-state index contributed by atoms with van der Waals surface area (Å²) in [6, 6.07) is 8.53. The van der Waals surface area contributed by atoms with Crippen molar-refractivity contribution >= 4 is 12.6 Å². The van der Waals surface area contributed by atoms with Crippen LogP contribution in [0.5, 0.6) is 0 Å². The molecule has 0 aliphatic carbocycles. The van der Waals surface area contributed by atoms with E-state index >= 15 is 0 Å². The van der Waals surface area contributed by atoms with Gasteiger partial charge in [-0.25, -0.2) is 0 Å². The third-order valence-electron chi connectivity index (χ3n) is 1.51. The molecule has 0 atom stereocenters. The van der Waals surface area contributed by atoms with E-state index in [9.17, 15) is 0 Å².